The van der Waals surface area contributed by atoms with Crippen LogP contribution in [-0.4, -0.2) is 72.8 Å². The fourth-order valence-electron chi connectivity index (χ4n) is 6.79. The Labute approximate surface area is 421 Å². The minimum Gasteiger partial charge on any atom is -0.490 e. The van der Waals surface area contributed by atoms with Gasteiger partial charge in [0.1, 0.15) is 13.1 Å². The van der Waals surface area contributed by atoms with Crippen molar-refractivity contribution in [2.45, 2.75) is 54.6 Å². The molecule has 0 unspecified atom stereocenters. The number of carbonyl (C=O) groups excluding carboxylic acids is 2. The van der Waals surface area contributed by atoms with Gasteiger partial charge in [-0.3, -0.25) is 37.4 Å². The number of rotatable bonds is 12. The predicted molar refractivity (Wildman–Crippen MR) is 273 cm³/mol. The molecule has 374 valence electrons. The largest absolute Gasteiger partial charge is 0.490 e. The molecule has 8 rings (SSSR count). The van der Waals surface area contributed by atoms with Crippen molar-refractivity contribution in [3.63, 3.8) is 0 Å². The zero-order chi connectivity index (χ0) is 51.9. The molecule has 2 N–H and O–H groups in total. The lowest BCUT2D eigenvalue weighted by atomic mass is 9.99. The van der Waals surface area contributed by atoms with Gasteiger partial charge in [0.05, 0.1) is 58.1 Å². The Bertz CT molecular complexity index is 3590. The van der Waals surface area contributed by atoms with Crippen LogP contribution >= 0.6 is 45.9 Å². The molecule has 2 amide bonds. The lowest BCUT2D eigenvalue weighted by molar-refractivity contribution is -0.117. The van der Waals surface area contributed by atoms with E-state index in [0.29, 0.717) is 72.8 Å². The second-order valence-corrected chi connectivity index (χ2v) is 21.3. The average Bonchev–Trinajstić information content (AvgIpc) is 4.13. The fraction of sp³-hybridized carbons (Fsp3) is 0.348. The van der Waals surface area contributed by atoms with Gasteiger partial charge in [0.2, 0.25) is 11.8 Å². The van der Waals surface area contributed by atoms with Crippen LogP contribution in [0, 0.1) is 16.6 Å². The maximum Gasteiger partial charge on any atom is 0.331 e. The van der Waals surface area contributed by atoms with E-state index in [1.807, 2.05) is 41.5 Å². The van der Waals surface area contributed by atoms with Crippen LogP contribution in [0.15, 0.2) is 72.7 Å². The molecule has 20 nitrogen and oxygen atoms in total. The molecule has 0 radical (unpaired) electrons. The van der Waals surface area contributed by atoms with E-state index < -0.39 is 40.1 Å². The lowest BCUT2D eigenvalue weighted by Gasteiger charge is -2.20. The number of hydrogen-bond acceptors (Lipinski definition) is 14. The number of fused-ring (bicyclic) bond motifs is 2. The van der Waals surface area contributed by atoms with E-state index >= 15 is 0 Å². The summed E-state index contributed by atoms with van der Waals surface area (Å²) in [6.07, 6.45) is 2.76. The highest BCUT2D eigenvalue weighted by molar-refractivity contribution is 7.14. The molecular weight excluding hydrogens is 1000 g/mol. The van der Waals surface area contributed by atoms with Gasteiger partial charge in [-0.2, -0.15) is 10.2 Å². The van der Waals surface area contributed by atoms with Gasteiger partial charge >= 0.3 is 11.4 Å². The average molecular weight is 1050 g/mol. The van der Waals surface area contributed by atoms with Crippen molar-refractivity contribution in [2.24, 2.45) is 39.0 Å². The van der Waals surface area contributed by atoms with Gasteiger partial charge in [-0.25, -0.2) is 33.3 Å². The van der Waals surface area contributed by atoms with Crippen LogP contribution in [0.4, 0.5) is 14.7 Å². The summed E-state index contributed by atoms with van der Waals surface area (Å²) >= 11 is 15.2. The Morgan fingerprint density at radius 2 is 1.08 bits per heavy atom. The van der Waals surface area contributed by atoms with Gasteiger partial charge in [-0.05, 0) is 41.2 Å². The summed E-state index contributed by atoms with van der Waals surface area (Å²) in [7, 11) is 5.81. The predicted octanol–water partition coefficient (Wildman–Crippen LogP) is 6.69. The van der Waals surface area contributed by atoms with Crippen LogP contribution in [0.5, 0.6) is 11.5 Å². The third-order valence-electron chi connectivity index (χ3n) is 10.4. The smallest absolute Gasteiger partial charge is 0.331 e. The number of amides is 2. The Balaban J connectivity index is 0.000000209. The molecule has 0 aliphatic rings. The Morgan fingerprint density at radius 1 is 0.648 bits per heavy atom. The molecular formula is C46H49Cl2FN12O8S2. The fourth-order valence-corrected chi connectivity index (χ4v) is 8.86. The highest BCUT2D eigenvalue weighted by Crippen LogP contribution is 2.39. The van der Waals surface area contributed by atoms with Crippen LogP contribution in [-0.2, 0) is 50.9 Å². The van der Waals surface area contributed by atoms with Gasteiger partial charge in [0.15, 0.2) is 38.6 Å². The maximum absolute atomic E-state index is 14.5. The van der Waals surface area contributed by atoms with E-state index in [2.05, 4.69) is 30.8 Å². The van der Waals surface area contributed by atoms with Crippen molar-refractivity contribution >= 4 is 90.0 Å². The first kappa shape index (κ1) is 51.9. The molecule has 0 aliphatic heterocycles. The van der Waals surface area contributed by atoms with Crippen molar-refractivity contribution < 1.29 is 23.5 Å². The zero-order valence-electron chi connectivity index (χ0n) is 40.2. The van der Waals surface area contributed by atoms with Gasteiger partial charge in [-0.1, -0.05) is 64.7 Å². The second kappa shape index (κ2) is 20.4. The number of carbonyl (C=O) groups is 2. The molecule has 0 bridgehead atoms. The van der Waals surface area contributed by atoms with Crippen molar-refractivity contribution in [3.8, 4) is 34.0 Å². The highest BCUT2D eigenvalue weighted by atomic mass is 35.5. The lowest BCUT2D eigenvalue weighted by Crippen LogP contribution is -2.37. The highest BCUT2D eigenvalue weighted by Gasteiger charge is 2.21. The number of halogens is 3. The topological polar surface area (TPSA) is 226 Å². The van der Waals surface area contributed by atoms with Crippen molar-refractivity contribution in [3.05, 3.63) is 111 Å². The molecule has 25 heteroatoms. The summed E-state index contributed by atoms with van der Waals surface area (Å²) in [6.45, 7) is 12.5. The molecule has 0 saturated heterocycles. The van der Waals surface area contributed by atoms with Crippen molar-refractivity contribution in [1.82, 2.24) is 47.8 Å². The van der Waals surface area contributed by atoms with Gasteiger partial charge < -0.3 is 20.1 Å². The number of nitrogens with zero attached hydrogens (tertiary/aromatic N) is 10. The summed E-state index contributed by atoms with van der Waals surface area (Å²) in [4.78, 5) is 83.4. The maximum atomic E-state index is 14.5. The Hall–Kier alpha value is -6.95. The number of hydrogen-bond donors (Lipinski definition) is 2. The third-order valence-corrected chi connectivity index (χ3v) is 12.5. The summed E-state index contributed by atoms with van der Waals surface area (Å²) < 4.78 is 32.9. The Kier molecular flexibility index (Phi) is 14.9. The number of aromatic nitrogens is 10. The van der Waals surface area contributed by atoms with E-state index in [0.717, 1.165) is 9.13 Å². The standard InChI is InChI=1S/C23H24Cl2N6O4S.C23H25FN6O4S/c1-23(2,3)11-35-19-13(24)6-12(7-14(19)25)15-10-36-21(27-15)28-17(32)9-31-18-16(8-26-31)29(4)22(34)30(5)20(18)33;1-23(2,3)12-34-17-7-6-13(8-14(17)24)15-11-35-21(26-15)27-18(31)10-30-19-16(9-25-30)28(4)22(33)29(5)20(19)32/h6-8,10H,9,11H2,1-5H3,(H,27,28,32);6-9,11H,10,12H2,1-5H3,(H,26,27,31). The molecule has 8 aromatic rings. The molecule has 0 atom stereocenters. The van der Waals surface area contributed by atoms with Crippen LogP contribution < -0.4 is 42.6 Å². The molecule has 0 aliphatic carbocycles. The van der Waals surface area contributed by atoms with Crippen molar-refractivity contribution in [2.75, 3.05) is 23.8 Å². The molecule has 0 spiro atoms. The number of aryl methyl sites for hydroxylation is 2. The summed E-state index contributed by atoms with van der Waals surface area (Å²) in [5.74, 6) is -0.798. The van der Waals surface area contributed by atoms with E-state index in [9.17, 15) is 33.2 Å². The monoisotopic (exact) mass is 1050 g/mol. The van der Waals surface area contributed by atoms with E-state index in [4.69, 9.17) is 32.7 Å². The van der Waals surface area contributed by atoms with Gasteiger partial charge in [0.25, 0.3) is 11.1 Å². The van der Waals surface area contributed by atoms with Gasteiger partial charge in [0, 0.05) is 50.1 Å². The quantitative estimate of drug-likeness (QED) is 0.131. The minimum absolute atomic E-state index is 0.0562. The van der Waals surface area contributed by atoms with Crippen LogP contribution in [0.1, 0.15) is 41.5 Å². The third kappa shape index (κ3) is 11.6. The molecule has 6 heterocycles. The molecule has 0 saturated carbocycles. The van der Waals surface area contributed by atoms with E-state index in [1.54, 1.807) is 35.0 Å². The molecule has 0 fully saturated rings. The summed E-state index contributed by atoms with van der Waals surface area (Å²) in [6, 6.07) is 8.03. The SMILES string of the molecule is Cn1c(=O)c2c(cnn2CC(=O)Nc2nc(-c3cc(Cl)c(OCC(C)(C)C)c(Cl)c3)cs2)n(C)c1=O.Cn1c(=O)c2c(cnn2CC(=O)Nc2nc(-c3ccc(OCC(C)(C)C)c(F)c3)cs2)n(C)c1=O. The number of thiazole rings is 2. The van der Waals surface area contributed by atoms with Crippen LogP contribution in [0.3, 0.4) is 0 Å². The van der Waals surface area contributed by atoms with Gasteiger partial charge in [-0.15, -0.1) is 22.7 Å². The molecule has 2 aromatic carbocycles. The zero-order valence-corrected chi connectivity index (χ0v) is 43.4. The van der Waals surface area contributed by atoms with E-state index in [-0.39, 0.29) is 40.7 Å². The summed E-state index contributed by atoms with van der Waals surface area (Å²) in [5.41, 5.74) is 1.11. The van der Waals surface area contributed by atoms with Crippen LogP contribution in [0.25, 0.3) is 44.6 Å². The molecule has 71 heavy (non-hydrogen) atoms. The van der Waals surface area contributed by atoms with E-state index in [1.165, 1.54) is 87.8 Å². The van der Waals surface area contributed by atoms with Crippen molar-refractivity contribution in [1.29, 1.82) is 0 Å². The first-order valence-electron chi connectivity index (χ1n) is 21.6. The second-order valence-electron chi connectivity index (χ2n) is 18.8. The summed E-state index contributed by atoms with van der Waals surface area (Å²) in [5, 5.41) is 18.5. The number of anilines is 2. The molecule has 6 aromatic heterocycles. The number of benzene rings is 2. The minimum atomic E-state index is -0.540. The number of ether oxygens (including phenoxy) is 2. The Morgan fingerprint density at radius 3 is 1.52 bits per heavy atom. The number of nitrogens with one attached hydrogen (secondary N) is 2. The van der Waals surface area contributed by atoms with Crippen LogP contribution in [0.2, 0.25) is 10.0 Å². The first-order chi connectivity index (χ1) is 33.3. The first-order valence-corrected chi connectivity index (χ1v) is 24.1. The normalized spacial score (nSPS) is 11.7.